The van der Waals surface area contributed by atoms with Gasteiger partial charge >= 0.3 is 0 Å². The quantitative estimate of drug-likeness (QED) is 0.324. The van der Waals surface area contributed by atoms with Crippen molar-refractivity contribution in [1.82, 2.24) is 15.0 Å². The number of hydrogen-bond donors (Lipinski definition) is 2. The van der Waals surface area contributed by atoms with Crippen LogP contribution in [0.2, 0.25) is 0 Å². The van der Waals surface area contributed by atoms with Crippen LogP contribution in [-0.2, 0) is 10.0 Å². The van der Waals surface area contributed by atoms with Gasteiger partial charge in [-0.1, -0.05) is 30.3 Å². The van der Waals surface area contributed by atoms with Crippen molar-refractivity contribution in [3.05, 3.63) is 90.4 Å². The van der Waals surface area contributed by atoms with Gasteiger partial charge in [0, 0.05) is 36.8 Å². The molecule has 2 aromatic heterocycles. The minimum atomic E-state index is -3.84. The first kappa shape index (κ1) is 22.6. The molecule has 2 aromatic carbocycles. The molecular weight excluding hydrogens is 450 g/mol. The van der Waals surface area contributed by atoms with Gasteiger partial charge in [0.05, 0.1) is 46.3 Å². The van der Waals surface area contributed by atoms with Gasteiger partial charge < -0.3 is 5.73 Å². The molecular formula is C24H19N7O2S. The number of nitrogens with zero attached hydrogens (tertiary/aromatic N) is 5. The average Bonchev–Trinajstić information content (AvgIpc) is 2.86. The Kier molecular flexibility index (Phi) is 6.29. The van der Waals surface area contributed by atoms with E-state index < -0.39 is 10.0 Å². The first-order valence-electron chi connectivity index (χ1n) is 10.0. The lowest BCUT2D eigenvalue weighted by Crippen LogP contribution is -2.13. The molecule has 0 radical (unpaired) electrons. The minimum Gasteiger partial charge on any atom is -0.404 e. The number of nitrogens with two attached hydrogens (primary N) is 1. The molecule has 34 heavy (non-hydrogen) atoms. The fraction of sp³-hybridized carbons (Fsp3) is 0.0417. The van der Waals surface area contributed by atoms with Crippen LogP contribution in [0.15, 0.2) is 83.2 Å². The van der Waals surface area contributed by atoms with Gasteiger partial charge in [-0.3, -0.25) is 19.7 Å². The van der Waals surface area contributed by atoms with Crippen molar-refractivity contribution in [3.8, 4) is 11.1 Å². The van der Waals surface area contributed by atoms with E-state index in [1.54, 1.807) is 31.7 Å². The van der Waals surface area contributed by atoms with Gasteiger partial charge in [0.25, 0.3) is 10.0 Å². The number of allylic oxidation sites excluding steroid dienone is 1. The second-order valence-electron chi connectivity index (χ2n) is 7.14. The summed E-state index contributed by atoms with van der Waals surface area (Å²) in [6.07, 6.45) is 7.71. The molecule has 0 aliphatic carbocycles. The van der Waals surface area contributed by atoms with Crippen molar-refractivity contribution >= 4 is 44.2 Å². The molecule has 0 aliphatic rings. The molecule has 9 nitrogen and oxygen atoms in total. The second-order valence-corrected chi connectivity index (χ2v) is 8.82. The van der Waals surface area contributed by atoms with Crippen molar-refractivity contribution in [2.24, 2.45) is 10.7 Å². The summed E-state index contributed by atoms with van der Waals surface area (Å²) in [5.74, 6) is 0. The van der Waals surface area contributed by atoms with E-state index in [1.165, 1.54) is 36.7 Å². The zero-order valence-corrected chi connectivity index (χ0v) is 18.9. The van der Waals surface area contributed by atoms with Gasteiger partial charge in [-0.15, -0.1) is 0 Å². The van der Waals surface area contributed by atoms with Gasteiger partial charge in [0.2, 0.25) is 0 Å². The largest absolute Gasteiger partial charge is 0.404 e. The Morgan fingerprint density at radius 3 is 2.56 bits per heavy atom. The van der Waals surface area contributed by atoms with Crippen molar-refractivity contribution in [2.45, 2.75) is 4.90 Å². The maximum absolute atomic E-state index is 12.7. The molecule has 0 amide bonds. The number of anilines is 1. The fourth-order valence-electron chi connectivity index (χ4n) is 3.23. The van der Waals surface area contributed by atoms with E-state index in [2.05, 4.69) is 29.5 Å². The number of nitrogens with one attached hydrogen (secondary N) is 1. The molecule has 10 heteroatoms. The maximum Gasteiger partial charge on any atom is 0.261 e. The molecule has 0 spiro atoms. The molecule has 0 atom stereocenters. The van der Waals surface area contributed by atoms with Gasteiger partial charge in [-0.25, -0.2) is 18.2 Å². The fourth-order valence-corrected chi connectivity index (χ4v) is 4.27. The number of fused-ring (bicyclic) bond motifs is 1. The van der Waals surface area contributed by atoms with Crippen LogP contribution in [0.1, 0.15) is 5.69 Å². The van der Waals surface area contributed by atoms with Gasteiger partial charge in [-0.05, 0) is 23.8 Å². The van der Waals surface area contributed by atoms with Crippen LogP contribution in [0.25, 0.3) is 32.6 Å². The Labute approximate surface area is 196 Å². The number of sulfonamides is 1. The molecule has 0 unspecified atom stereocenters. The van der Waals surface area contributed by atoms with Crippen LogP contribution >= 0.6 is 0 Å². The second kappa shape index (κ2) is 9.48. The smallest absolute Gasteiger partial charge is 0.261 e. The highest BCUT2D eigenvalue weighted by Crippen LogP contribution is 2.26. The van der Waals surface area contributed by atoms with E-state index in [0.29, 0.717) is 39.2 Å². The van der Waals surface area contributed by atoms with Gasteiger partial charge in [0.15, 0.2) is 5.69 Å². The Morgan fingerprint density at radius 2 is 1.85 bits per heavy atom. The molecule has 2 heterocycles. The van der Waals surface area contributed by atoms with Crippen LogP contribution in [0.4, 0.5) is 11.4 Å². The Hall–Kier alpha value is -4.62. The summed E-state index contributed by atoms with van der Waals surface area (Å²) in [5, 5.41) is 0. The molecule has 0 fully saturated rings. The normalized spacial score (nSPS) is 12.1. The lowest BCUT2D eigenvalue weighted by Gasteiger charge is -2.10. The lowest BCUT2D eigenvalue weighted by molar-refractivity contribution is 0.601. The third-order valence-corrected chi connectivity index (χ3v) is 6.28. The average molecular weight is 470 g/mol. The summed E-state index contributed by atoms with van der Waals surface area (Å²) in [7, 11) is -2.20. The highest BCUT2D eigenvalue weighted by molar-refractivity contribution is 7.92. The third-order valence-electron chi connectivity index (χ3n) is 4.89. The highest BCUT2D eigenvalue weighted by Gasteiger charge is 2.15. The molecule has 0 saturated carbocycles. The van der Waals surface area contributed by atoms with E-state index in [0.717, 1.165) is 5.56 Å². The topological polar surface area (TPSA) is 128 Å². The van der Waals surface area contributed by atoms with E-state index >= 15 is 0 Å². The Balaban J connectivity index is 1.66. The number of aliphatic imine (C=N–C) groups is 1. The molecule has 3 N–H and O–H groups in total. The minimum absolute atomic E-state index is 0.0539. The van der Waals surface area contributed by atoms with Crippen molar-refractivity contribution in [2.75, 3.05) is 11.8 Å². The number of benzene rings is 2. The van der Waals surface area contributed by atoms with Crippen LogP contribution in [0.5, 0.6) is 0 Å². The van der Waals surface area contributed by atoms with Gasteiger partial charge in [-0.2, -0.15) is 0 Å². The van der Waals surface area contributed by atoms with Crippen molar-refractivity contribution in [1.29, 1.82) is 0 Å². The monoisotopic (exact) mass is 469 g/mol. The zero-order valence-electron chi connectivity index (χ0n) is 18.0. The van der Waals surface area contributed by atoms with Crippen LogP contribution in [-0.4, -0.2) is 36.6 Å². The third kappa shape index (κ3) is 4.74. The number of rotatable bonds is 6. The highest BCUT2D eigenvalue weighted by atomic mass is 32.2. The van der Waals surface area contributed by atoms with Crippen LogP contribution < -0.4 is 10.5 Å². The summed E-state index contributed by atoms with van der Waals surface area (Å²) >= 11 is 0. The number of hydrogen-bond acceptors (Lipinski definition) is 7. The summed E-state index contributed by atoms with van der Waals surface area (Å²) in [6, 6.07) is 12.9. The molecule has 0 bridgehead atoms. The van der Waals surface area contributed by atoms with Crippen molar-refractivity contribution in [3.63, 3.8) is 0 Å². The van der Waals surface area contributed by atoms with Crippen LogP contribution in [0, 0.1) is 6.57 Å². The summed E-state index contributed by atoms with van der Waals surface area (Å²) in [6.45, 7) is 7.00. The van der Waals surface area contributed by atoms with Gasteiger partial charge in [0.1, 0.15) is 0 Å². The van der Waals surface area contributed by atoms with E-state index in [4.69, 9.17) is 12.3 Å². The van der Waals surface area contributed by atoms with E-state index in [9.17, 15) is 8.42 Å². The predicted octanol–water partition coefficient (Wildman–Crippen LogP) is 4.04. The van der Waals surface area contributed by atoms with Crippen LogP contribution in [0.3, 0.4) is 0 Å². The maximum atomic E-state index is 12.7. The molecule has 4 aromatic rings. The Bertz CT molecular complexity index is 1570. The predicted molar refractivity (Wildman–Crippen MR) is 133 cm³/mol. The first-order valence-corrected chi connectivity index (χ1v) is 11.5. The molecule has 0 saturated heterocycles. The van der Waals surface area contributed by atoms with Crippen molar-refractivity contribution < 1.29 is 8.42 Å². The lowest BCUT2D eigenvalue weighted by atomic mass is 10.1. The number of pyridine rings is 1. The standard InChI is InChI=1S/C24H19N7O2S/c1-26-12-18(11-25)24-15-29-22-8-3-16(10-23(22)30-24)17-9-20(14-28-13-17)31-34(32,33)21-6-4-19(27-2)5-7-21/h3-15,31H,25H2,1H3/b18-11+,26-12?. The SMILES string of the molecule is [C-]#[N+]c1ccc(S(=O)(=O)Nc2cncc(-c3ccc4ncc(/C(C=NC)=C/N)nc4c3)c2)cc1. The summed E-state index contributed by atoms with van der Waals surface area (Å²) in [5.41, 5.74) is 10.4. The molecule has 0 aliphatic heterocycles. The zero-order chi connectivity index (χ0) is 24.1. The van der Waals surface area contributed by atoms with E-state index in [1.807, 2.05) is 18.2 Å². The van der Waals surface area contributed by atoms with E-state index in [-0.39, 0.29) is 4.90 Å². The molecule has 4 rings (SSSR count). The Morgan fingerprint density at radius 1 is 1.06 bits per heavy atom. The first-order chi connectivity index (χ1) is 16.4. The summed E-state index contributed by atoms with van der Waals surface area (Å²) in [4.78, 5) is 20.6. The molecule has 168 valence electrons. The summed E-state index contributed by atoms with van der Waals surface area (Å²) < 4.78 is 28.0. The number of aromatic nitrogens is 3.